The van der Waals surface area contributed by atoms with Gasteiger partial charge in [0.05, 0.1) is 6.10 Å². The molecule has 1 aromatic rings. The van der Waals surface area contributed by atoms with Gasteiger partial charge in [-0.2, -0.15) is 0 Å². The number of nitrogens with zero attached hydrogens (tertiary/aromatic N) is 1. The van der Waals surface area contributed by atoms with Crippen molar-refractivity contribution in [1.82, 2.24) is 4.90 Å². The summed E-state index contributed by atoms with van der Waals surface area (Å²) in [5.41, 5.74) is 2.34. The quantitative estimate of drug-likeness (QED) is 0.902. The van der Waals surface area contributed by atoms with Crippen LogP contribution in [0.15, 0.2) is 22.7 Å². The average molecular weight is 284 g/mol. The Kier molecular flexibility index (Phi) is 3.67. The average Bonchev–Trinajstić information content (AvgIpc) is 2.64. The molecule has 1 N–H and O–H groups in total. The first-order valence-electron chi connectivity index (χ1n) is 5.74. The summed E-state index contributed by atoms with van der Waals surface area (Å²) in [6.45, 7) is 4.10. The van der Waals surface area contributed by atoms with Gasteiger partial charge in [0.1, 0.15) is 0 Å². The standard InChI is InChI=1S/C13H18BrNO/c1-9(16)10-3-4-12(13(14)7-10)11-5-6-15(2)8-11/h3-4,7,9,11,16H,5-6,8H2,1-2H3. The molecular weight excluding hydrogens is 266 g/mol. The molecule has 3 heteroatoms. The first kappa shape index (κ1) is 12.1. The largest absolute Gasteiger partial charge is 0.389 e. The summed E-state index contributed by atoms with van der Waals surface area (Å²) in [7, 11) is 2.16. The summed E-state index contributed by atoms with van der Waals surface area (Å²) in [6, 6.07) is 6.22. The third-order valence-electron chi connectivity index (χ3n) is 3.34. The molecule has 0 aromatic heterocycles. The van der Waals surface area contributed by atoms with Crippen LogP contribution in [-0.2, 0) is 0 Å². The Labute approximate surface area is 105 Å². The minimum Gasteiger partial charge on any atom is -0.389 e. The highest BCUT2D eigenvalue weighted by Gasteiger charge is 2.22. The van der Waals surface area contributed by atoms with E-state index in [1.165, 1.54) is 18.5 Å². The lowest BCUT2D eigenvalue weighted by atomic mass is 9.96. The Bertz CT molecular complexity index is 378. The van der Waals surface area contributed by atoms with Crippen molar-refractivity contribution in [3.8, 4) is 0 Å². The molecule has 1 heterocycles. The van der Waals surface area contributed by atoms with Gasteiger partial charge < -0.3 is 10.0 Å². The fourth-order valence-electron chi connectivity index (χ4n) is 2.32. The van der Waals surface area contributed by atoms with E-state index < -0.39 is 6.10 Å². The Hall–Kier alpha value is -0.380. The molecule has 0 amide bonds. The lowest BCUT2D eigenvalue weighted by Crippen LogP contribution is -2.13. The van der Waals surface area contributed by atoms with E-state index >= 15 is 0 Å². The van der Waals surface area contributed by atoms with Crippen LogP contribution in [0, 0.1) is 0 Å². The zero-order chi connectivity index (χ0) is 11.7. The van der Waals surface area contributed by atoms with E-state index in [0.717, 1.165) is 16.6 Å². The lowest BCUT2D eigenvalue weighted by Gasteiger charge is -2.14. The van der Waals surface area contributed by atoms with E-state index in [9.17, 15) is 5.11 Å². The molecule has 1 fully saturated rings. The summed E-state index contributed by atoms with van der Waals surface area (Å²) in [4.78, 5) is 2.36. The Morgan fingerprint density at radius 3 is 2.75 bits per heavy atom. The predicted molar refractivity (Wildman–Crippen MR) is 69.6 cm³/mol. The van der Waals surface area contributed by atoms with Crippen molar-refractivity contribution < 1.29 is 5.11 Å². The van der Waals surface area contributed by atoms with E-state index in [0.29, 0.717) is 5.92 Å². The second kappa shape index (κ2) is 4.86. The number of likely N-dealkylation sites (tertiary alicyclic amines) is 1. The van der Waals surface area contributed by atoms with Gasteiger partial charge >= 0.3 is 0 Å². The minimum atomic E-state index is -0.392. The summed E-state index contributed by atoms with van der Waals surface area (Å²) >= 11 is 3.62. The van der Waals surface area contributed by atoms with Crippen molar-refractivity contribution in [1.29, 1.82) is 0 Å². The third-order valence-corrected chi connectivity index (χ3v) is 4.02. The monoisotopic (exact) mass is 283 g/mol. The minimum absolute atomic E-state index is 0.392. The zero-order valence-corrected chi connectivity index (χ0v) is 11.4. The highest BCUT2D eigenvalue weighted by Crippen LogP contribution is 2.33. The van der Waals surface area contributed by atoms with E-state index in [2.05, 4.69) is 33.9 Å². The molecular formula is C13H18BrNO. The lowest BCUT2D eigenvalue weighted by molar-refractivity contribution is 0.199. The number of likely N-dealkylation sites (N-methyl/N-ethyl adjacent to an activating group) is 1. The van der Waals surface area contributed by atoms with Gasteiger partial charge in [0.2, 0.25) is 0 Å². The van der Waals surface area contributed by atoms with E-state index in [-0.39, 0.29) is 0 Å². The van der Waals surface area contributed by atoms with Gasteiger partial charge in [0.15, 0.2) is 0 Å². The van der Waals surface area contributed by atoms with Gasteiger partial charge in [-0.15, -0.1) is 0 Å². The summed E-state index contributed by atoms with van der Waals surface area (Å²) in [5, 5.41) is 9.52. The molecule has 16 heavy (non-hydrogen) atoms. The molecule has 1 aliphatic heterocycles. The van der Waals surface area contributed by atoms with Crippen LogP contribution in [0.2, 0.25) is 0 Å². The Morgan fingerprint density at radius 2 is 2.25 bits per heavy atom. The molecule has 1 saturated heterocycles. The fourth-order valence-corrected chi connectivity index (χ4v) is 3.04. The Balaban J connectivity index is 2.22. The topological polar surface area (TPSA) is 23.5 Å². The van der Waals surface area contributed by atoms with E-state index in [4.69, 9.17) is 0 Å². The molecule has 1 aromatic carbocycles. The number of rotatable bonds is 2. The van der Waals surface area contributed by atoms with Crippen LogP contribution in [0.25, 0.3) is 0 Å². The van der Waals surface area contributed by atoms with Gasteiger partial charge in [-0.1, -0.05) is 28.1 Å². The van der Waals surface area contributed by atoms with Gasteiger partial charge in [0.25, 0.3) is 0 Å². The van der Waals surface area contributed by atoms with E-state index in [1.54, 1.807) is 6.92 Å². The molecule has 2 atom stereocenters. The van der Waals surface area contributed by atoms with Gasteiger partial charge in [-0.3, -0.25) is 0 Å². The van der Waals surface area contributed by atoms with Crippen molar-refractivity contribution in [3.63, 3.8) is 0 Å². The van der Waals surface area contributed by atoms with E-state index in [1.807, 2.05) is 12.1 Å². The van der Waals surface area contributed by atoms with Crippen LogP contribution in [-0.4, -0.2) is 30.1 Å². The van der Waals surface area contributed by atoms with Gasteiger partial charge in [0, 0.05) is 11.0 Å². The maximum Gasteiger partial charge on any atom is 0.0762 e. The maximum absolute atomic E-state index is 9.52. The van der Waals surface area contributed by atoms with Crippen molar-refractivity contribution >= 4 is 15.9 Å². The van der Waals surface area contributed by atoms with Crippen LogP contribution in [0.5, 0.6) is 0 Å². The highest BCUT2D eigenvalue weighted by molar-refractivity contribution is 9.10. The molecule has 2 nitrogen and oxygen atoms in total. The molecule has 0 radical (unpaired) electrons. The predicted octanol–water partition coefficient (Wildman–Crippen LogP) is 2.92. The summed E-state index contributed by atoms with van der Waals surface area (Å²) < 4.78 is 1.13. The van der Waals surface area contributed by atoms with Crippen LogP contribution in [0.4, 0.5) is 0 Å². The molecule has 2 rings (SSSR count). The normalized spacial score (nSPS) is 23.6. The first-order chi connectivity index (χ1) is 7.58. The van der Waals surface area contributed by atoms with Gasteiger partial charge in [-0.25, -0.2) is 0 Å². The van der Waals surface area contributed by atoms with Crippen molar-refractivity contribution in [3.05, 3.63) is 33.8 Å². The zero-order valence-electron chi connectivity index (χ0n) is 9.78. The first-order valence-corrected chi connectivity index (χ1v) is 6.53. The molecule has 0 saturated carbocycles. The molecule has 88 valence electrons. The molecule has 2 unspecified atom stereocenters. The molecule has 1 aliphatic rings. The smallest absolute Gasteiger partial charge is 0.0762 e. The Morgan fingerprint density at radius 1 is 1.50 bits per heavy atom. The maximum atomic E-state index is 9.52. The second-order valence-electron chi connectivity index (χ2n) is 4.70. The van der Waals surface area contributed by atoms with Crippen LogP contribution in [0.1, 0.15) is 36.5 Å². The SMILES string of the molecule is CC(O)c1ccc(C2CCN(C)C2)c(Br)c1. The van der Waals surface area contributed by atoms with Crippen molar-refractivity contribution in [2.45, 2.75) is 25.4 Å². The molecule has 0 spiro atoms. The number of aliphatic hydroxyl groups is 1. The second-order valence-corrected chi connectivity index (χ2v) is 5.56. The van der Waals surface area contributed by atoms with Crippen molar-refractivity contribution in [2.75, 3.05) is 20.1 Å². The van der Waals surface area contributed by atoms with Crippen LogP contribution in [0.3, 0.4) is 0 Å². The number of aliphatic hydroxyl groups excluding tert-OH is 1. The molecule has 0 aliphatic carbocycles. The van der Waals surface area contributed by atoms with Crippen LogP contribution < -0.4 is 0 Å². The number of benzene rings is 1. The van der Waals surface area contributed by atoms with Crippen molar-refractivity contribution in [2.24, 2.45) is 0 Å². The number of hydrogen-bond acceptors (Lipinski definition) is 2. The van der Waals surface area contributed by atoms with Gasteiger partial charge in [-0.05, 0) is 50.0 Å². The third kappa shape index (κ3) is 2.47. The number of hydrogen-bond donors (Lipinski definition) is 1. The highest BCUT2D eigenvalue weighted by atomic mass is 79.9. The summed E-state index contributed by atoms with van der Waals surface area (Å²) in [6.07, 6.45) is 0.833. The van der Waals surface area contributed by atoms with Crippen LogP contribution >= 0.6 is 15.9 Å². The number of halogens is 1. The summed E-state index contributed by atoms with van der Waals surface area (Å²) in [5.74, 6) is 0.627. The molecule has 0 bridgehead atoms. The fraction of sp³-hybridized carbons (Fsp3) is 0.538.